The summed E-state index contributed by atoms with van der Waals surface area (Å²) in [6.07, 6.45) is 3.21. The maximum atomic E-state index is 13.0. The highest BCUT2D eigenvalue weighted by molar-refractivity contribution is 5.86. The summed E-state index contributed by atoms with van der Waals surface area (Å²) in [5.41, 5.74) is 6.71. The number of aromatic nitrogens is 5. The molecule has 0 saturated carbocycles. The third-order valence-corrected chi connectivity index (χ3v) is 8.28. The first-order chi connectivity index (χ1) is 19.8. The summed E-state index contributed by atoms with van der Waals surface area (Å²) in [6, 6.07) is 8.77. The molecule has 0 radical (unpaired) electrons. The summed E-state index contributed by atoms with van der Waals surface area (Å²) in [6.45, 7) is 4.94. The first-order valence-corrected chi connectivity index (χ1v) is 13.9. The van der Waals surface area contributed by atoms with E-state index in [4.69, 9.17) is 0 Å². The summed E-state index contributed by atoms with van der Waals surface area (Å²) in [7, 11) is 0. The van der Waals surface area contributed by atoms with Gasteiger partial charge in [-0.05, 0) is 43.0 Å². The van der Waals surface area contributed by atoms with Crippen LogP contribution in [0.25, 0.3) is 10.9 Å². The molecule has 6 rings (SSSR count). The normalized spacial score (nSPS) is 17.0. The summed E-state index contributed by atoms with van der Waals surface area (Å²) < 4.78 is 41.0. The van der Waals surface area contributed by atoms with Crippen molar-refractivity contribution in [1.82, 2.24) is 34.5 Å². The molecule has 0 aliphatic carbocycles. The van der Waals surface area contributed by atoms with Crippen molar-refractivity contribution in [3.63, 3.8) is 0 Å². The maximum Gasteiger partial charge on any atom is 0.401 e. The maximum absolute atomic E-state index is 13.0. The fraction of sp³-hybridized carbons (Fsp3) is 0.448. The molecule has 0 amide bonds. The average Bonchev–Trinajstić information content (AvgIpc) is 3.59. The van der Waals surface area contributed by atoms with Gasteiger partial charge in [-0.3, -0.25) is 14.9 Å². The van der Waals surface area contributed by atoms with E-state index in [0.717, 1.165) is 60.2 Å². The number of alkyl halides is 3. The monoisotopic (exact) mass is 563 g/mol. The Morgan fingerprint density at radius 1 is 1.12 bits per heavy atom. The Balaban J connectivity index is 1.10. The zero-order valence-corrected chi connectivity index (χ0v) is 22.9. The van der Waals surface area contributed by atoms with Gasteiger partial charge < -0.3 is 9.88 Å². The van der Waals surface area contributed by atoms with E-state index in [9.17, 15) is 18.4 Å². The molecular formula is C29H32F3N9. The van der Waals surface area contributed by atoms with Gasteiger partial charge >= 0.3 is 6.18 Å². The Kier molecular flexibility index (Phi) is 7.40. The number of piperidine rings is 1. The van der Waals surface area contributed by atoms with Crippen LogP contribution >= 0.6 is 0 Å². The quantitative estimate of drug-likeness (QED) is 0.344. The number of nitrogens with one attached hydrogen (secondary N) is 2. The van der Waals surface area contributed by atoms with E-state index >= 15 is 0 Å². The van der Waals surface area contributed by atoms with E-state index in [2.05, 4.69) is 55.5 Å². The lowest BCUT2D eigenvalue weighted by Crippen LogP contribution is -2.40. The number of anilines is 1. The molecule has 5 heterocycles. The first kappa shape index (κ1) is 27.2. The summed E-state index contributed by atoms with van der Waals surface area (Å²) in [5.74, 6) is 0.662. The molecule has 0 unspecified atom stereocenters. The van der Waals surface area contributed by atoms with Crippen LogP contribution in [0.15, 0.2) is 36.9 Å². The van der Waals surface area contributed by atoms with Crippen LogP contribution in [0.3, 0.4) is 0 Å². The first-order valence-electron chi connectivity index (χ1n) is 13.9. The fourth-order valence-electron chi connectivity index (χ4n) is 6.08. The van der Waals surface area contributed by atoms with Gasteiger partial charge in [0.25, 0.3) is 0 Å². The van der Waals surface area contributed by atoms with Gasteiger partial charge in [0.05, 0.1) is 25.0 Å². The molecule has 0 bridgehead atoms. The van der Waals surface area contributed by atoms with Gasteiger partial charge in [0.2, 0.25) is 0 Å². The van der Waals surface area contributed by atoms with Crippen molar-refractivity contribution in [3.05, 3.63) is 70.6 Å². The number of aryl methyl sites for hydroxylation is 1. The molecule has 4 aromatic rings. The van der Waals surface area contributed by atoms with Crippen molar-refractivity contribution in [1.29, 1.82) is 5.26 Å². The minimum absolute atomic E-state index is 0.196. The van der Waals surface area contributed by atoms with Crippen LogP contribution in [0.4, 0.5) is 19.0 Å². The Labute approximate surface area is 236 Å². The smallest absolute Gasteiger partial charge is 0.367 e. The van der Waals surface area contributed by atoms with Crippen LogP contribution in [0, 0.1) is 18.3 Å². The summed E-state index contributed by atoms with van der Waals surface area (Å²) in [5, 5.41) is 21.2. The number of hydrogen-bond donors (Lipinski definition) is 2. The van der Waals surface area contributed by atoms with Crippen molar-refractivity contribution in [2.75, 3.05) is 31.5 Å². The molecule has 9 nitrogen and oxygen atoms in total. The van der Waals surface area contributed by atoms with Gasteiger partial charge in [0.1, 0.15) is 23.9 Å². The van der Waals surface area contributed by atoms with Crippen LogP contribution in [0.2, 0.25) is 0 Å². The SMILES string of the molecule is Cc1c(CN2CCC(Nc3ncnc4c3CN(CC(F)(F)F)CC4)CC2)ccc2c1cc(C#N)n2Cc1cn[nH]c1. The topological polar surface area (TPSA) is 102 Å². The van der Waals surface area contributed by atoms with E-state index < -0.39 is 12.7 Å². The van der Waals surface area contributed by atoms with Crippen LogP contribution < -0.4 is 5.32 Å². The second kappa shape index (κ2) is 11.1. The van der Waals surface area contributed by atoms with Crippen molar-refractivity contribution in [2.45, 2.75) is 58.0 Å². The fourth-order valence-corrected chi connectivity index (χ4v) is 6.08. The van der Waals surface area contributed by atoms with E-state index in [1.807, 2.05) is 16.8 Å². The minimum atomic E-state index is -4.22. The van der Waals surface area contributed by atoms with E-state index in [-0.39, 0.29) is 12.6 Å². The summed E-state index contributed by atoms with van der Waals surface area (Å²) >= 11 is 0. The van der Waals surface area contributed by atoms with Gasteiger partial charge in [0.15, 0.2) is 0 Å². The molecular weight excluding hydrogens is 531 g/mol. The lowest BCUT2D eigenvalue weighted by Gasteiger charge is -2.34. The Hall–Kier alpha value is -3.95. The number of benzene rings is 1. The lowest BCUT2D eigenvalue weighted by atomic mass is 10.0. The van der Waals surface area contributed by atoms with Crippen LogP contribution in [0.5, 0.6) is 0 Å². The standard InChI is InChI=1S/C29H32F3N9/c1-19-21(2-3-27-24(19)10-23(11-33)41(27)14-20-12-36-37-13-20)15-39-7-4-22(5-8-39)38-28-25-16-40(17-29(30,31)32)9-6-26(25)34-18-35-28/h2-3,10,12-13,18,22H,4-9,14-17H2,1H3,(H,36,37)(H,34,35,38). The third kappa shape index (κ3) is 5.92. The Morgan fingerprint density at radius 2 is 1.95 bits per heavy atom. The number of halogens is 3. The minimum Gasteiger partial charge on any atom is -0.367 e. The van der Waals surface area contributed by atoms with Gasteiger partial charge in [-0.2, -0.15) is 23.5 Å². The van der Waals surface area contributed by atoms with Crippen molar-refractivity contribution in [2.24, 2.45) is 0 Å². The number of likely N-dealkylation sites (tertiary alicyclic amines) is 1. The number of fused-ring (bicyclic) bond motifs is 2. The highest BCUT2D eigenvalue weighted by Gasteiger charge is 2.33. The predicted molar refractivity (Wildman–Crippen MR) is 148 cm³/mol. The van der Waals surface area contributed by atoms with E-state index in [1.54, 1.807) is 6.20 Å². The third-order valence-electron chi connectivity index (χ3n) is 8.28. The number of hydrogen-bond acceptors (Lipinski definition) is 7. The van der Waals surface area contributed by atoms with Crippen molar-refractivity contribution in [3.8, 4) is 6.07 Å². The Bertz CT molecular complexity index is 1560. The number of nitrogens with zero attached hydrogens (tertiary/aromatic N) is 7. The molecule has 0 spiro atoms. The zero-order valence-electron chi connectivity index (χ0n) is 22.9. The van der Waals surface area contributed by atoms with Crippen molar-refractivity contribution >= 4 is 16.7 Å². The predicted octanol–water partition coefficient (Wildman–Crippen LogP) is 4.38. The molecule has 1 aromatic carbocycles. The second-order valence-corrected chi connectivity index (χ2v) is 11.0. The molecule has 2 aliphatic heterocycles. The molecule has 1 fully saturated rings. The van der Waals surface area contributed by atoms with Crippen LogP contribution in [0.1, 0.15) is 46.5 Å². The molecule has 2 aliphatic rings. The largest absolute Gasteiger partial charge is 0.401 e. The van der Waals surface area contributed by atoms with Crippen LogP contribution in [-0.4, -0.2) is 72.9 Å². The second-order valence-electron chi connectivity index (χ2n) is 11.0. The number of nitriles is 1. The highest BCUT2D eigenvalue weighted by Crippen LogP contribution is 2.30. The number of rotatable bonds is 7. The molecule has 214 valence electrons. The molecule has 0 atom stereocenters. The van der Waals surface area contributed by atoms with Gasteiger partial charge in [-0.25, -0.2) is 9.97 Å². The molecule has 1 saturated heterocycles. The molecule has 12 heteroatoms. The van der Waals surface area contributed by atoms with Crippen molar-refractivity contribution < 1.29 is 13.2 Å². The Morgan fingerprint density at radius 3 is 2.68 bits per heavy atom. The van der Waals surface area contributed by atoms with E-state index in [0.29, 0.717) is 31.0 Å². The lowest BCUT2D eigenvalue weighted by molar-refractivity contribution is -0.147. The molecule has 3 aromatic heterocycles. The molecule has 2 N–H and O–H groups in total. The number of aromatic amines is 1. The van der Waals surface area contributed by atoms with E-state index in [1.165, 1.54) is 22.4 Å². The highest BCUT2D eigenvalue weighted by atomic mass is 19.4. The van der Waals surface area contributed by atoms with Gasteiger partial charge in [0, 0.05) is 73.4 Å². The molecule has 41 heavy (non-hydrogen) atoms. The van der Waals surface area contributed by atoms with Gasteiger partial charge in [-0.15, -0.1) is 0 Å². The number of H-pyrrole nitrogens is 1. The summed E-state index contributed by atoms with van der Waals surface area (Å²) in [4.78, 5) is 12.6. The van der Waals surface area contributed by atoms with Gasteiger partial charge in [-0.1, -0.05) is 6.07 Å². The average molecular weight is 564 g/mol. The zero-order chi connectivity index (χ0) is 28.6. The van der Waals surface area contributed by atoms with Crippen LogP contribution in [-0.2, 0) is 26.1 Å².